The van der Waals surface area contributed by atoms with Crippen LogP contribution in [-0.4, -0.2) is 11.4 Å². The lowest BCUT2D eigenvalue weighted by Crippen LogP contribution is -1.89. The summed E-state index contributed by atoms with van der Waals surface area (Å²) < 4.78 is 0. The van der Waals surface area contributed by atoms with Gasteiger partial charge in [0.1, 0.15) is 12.0 Å². The molecule has 1 saturated carbocycles. The van der Waals surface area contributed by atoms with Gasteiger partial charge in [0.2, 0.25) is 0 Å². The number of benzene rings is 1. The third-order valence-corrected chi connectivity index (χ3v) is 3.35. The Morgan fingerprint density at radius 1 is 1.18 bits per heavy atom. The topological polar surface area (TPSA) is 37.3 Å². The van der Waals surface area contributed by atoms with Crippen molar-refractivity contribution < 1.29 is 9.90 Å². The van der Waals surface area contributed by atoms with Gasteiger partial charge in [-0.25, -0.2) is 0 Å². The van der Waals surface area contributed by atoms with Crippen molar-refractivity contribution in [1.82, 2.24) is 0 Å². The molecule has 0 atom stereocenters. The molecule has 90 valence electrons. The first-order chi connectivity index (χ1) is 8.28. The third kappa shape index (κ3) is 3.45. The van der Waals surface area contributed by atoms with Crippen LogP contribution in [0.25, 0.3) is 6.08 Å². The smallest absolute Gasteiger partial charge is 0.150 e. The van der Waals surface area contributed by atoms with Crippen molar-refractivity contribution >= 4 is 12.4 Å². The van der Waals surface area contributed by atoms with Gasteiger partial charge in [-0.3, -0.25) is 4.79 Å². The van der Waals surface area contributed by atoms with Gasteiger partial charge in [0, 0.05) is 5.56 Å². The third-order valence-electron chi connectivity index (χ3n) is 3.35. The molecule has 0 bridgehead atoms. The van der Waals surface area contributed by atoms with E-state index in [-0.39, 0.29) is 5.75 Å². The molecular formula is C15H18O2. The van der Waals surface area contributed by atoms with E-state index in [2.05, 4.69) is 6.08 Å². The van der Waals surface area contributed by atoms with E-state index in [1.807, 2.05) is 6.08 Å². The van der Waals surface area contributed by atoms with Crippen LogP contribution in [0.2, 0.25) is 0 Å². The van der Waals surface area contributed by atoms with Crippen LogP contribution < -0.4 is 0 Å². The highest BCUT2D eigenvalue weighted by Gasteiger charge is 2.12. The zero-order valence-electron chi connectivity index (χ0n) is 9.93. The maximum absolute atomic E-state index is 10.7. The summed E-state index contributed by atoms with van der Waals surface area (Å²) in [6, 6.07) is 4.94. The lowest BCUT2D eigenvalue weighted by molar-refractivity contribution is 0.112. The number of rotatable bonds is 4. The Kier molecular flexibility index (Phi) is 3.97. The number of carbonyl (C=O) groups excluding carboxylic acids is 1. The second-order valence-corrected chi connectivity index (χ2v) is 4.76. The van der Waals surface area contributed by atoms with Gasteiger partial charge < -0.3 is 5.11 Å². The van der Waals surface area contributed by atoms with Crippen LogP contribution in [0.4, 0.5) is 0 Å². The van der Waals surface area contributed by atoms with E-state index in [0.29, 0.717) is 5.56 Å². The molecule has 0 aromatic heterocycles. The minimum Gasteiger partial charge on any atom is -0.508 e. The van der Waals surface area contributed by atoms with Gasteiger partial charge in [-0.1, -0.05) is 37.8 Å². The standard InChI is InChI=1S/C15H18O2/c16-11-14-8-13(9-15(17)10-14)7-3-6-12-4-1-2-5-12/h3,7-12,17H,1-2,4-6H2/b7-3+. The molecule has 1 aromatic rings. The molecule has 2 rings (SSSR count). The van der Waals surface area contributed by atoms with E-state index in [1.54, 1.807) is 12.1 Å². The Bertz CT molecular complexity index is 415. The van der Waals surface area contributed by atoms with Crippen molar-refractivity contribution in [3.05, 3.63) is 35.4 Å². The number of aromatic hydroxyl groups is 1. The SMILES string of the molecule is O=Cc1cc(O)cc(/C=C/CC2CCCC2)c1. The molecule has 0 aliphatic heterocycles. The molecule has 0 amide bonds. The Morgan fingerprint density at radius 2 is 1.88 bits per heavy atom. The average molecular weight is 230 g/mol. The number of hydrogen-bond donors (Lipinski definition) is 1. The predicted molar refractivity (Wildman–Crippen MR) is 69.1 cm³/mol. The Labute approximate surface area is 102 Å². The summed E-state index contributed by atoms with van der Waals surface area (Å²) >= 11 is 0. The summed E-state index contributed by atoms with van der Waals surface area (Å²) in [4.78, 5) is 10.7. The predicted octanol–water partition coefficient (Wildman–Crippen LogP) is 3.80. The van der Waals surface area contributed by atoms with E-state index in [1.165, 1.54) is 31.7 Å². The summed E-state index contributed by atoms with van der Waals surface area (Å²) in [5.41, 5.74) is 1.41. The van der Waals surface area contributed by atoms with Crippen LogP contribution >= 0.6 is 0 Å². The molecule has 1 aliphatic rings. The molecule has 1 fully saturated rings. The van der Waals surface area contributed by atoms with Crippen LogP contribution in [0, 0.1) is 5.92 Å². The summed E-state index contributed by atoms with van der Waals surface area (Å²) in [6.07, 6.45) is 11.4. The van der Waals surface area contributed by atoms with Gasteiger partial charge in [0.25, 0.3) is 0 Å². The Balaban J connectivity index is 1.99. The maximum atomic E-state index is 10.7. The van der Waals surface area contributed by atoms with E-state index in [4.69, 9.17) is 0 Å². The minimum absolute atomic E-state index is 0.148. The normalized spacial score (nSPS) is 16.7. The summed E-state index contributed by atoms with van der Waals surface area (Å²) in [5.74, 6) is 0.976. The summed E-state index contributed by atoms with van der Waals surface area (Å²) in [6.45, 7) is 0. The van der Waals surface area contributed by atoms with Crippen molar-refractivity contribution in [2.75, 3.05) is 0 Å². The fourth-order valence-electron chi connectivity index (χ4n) is 2.47. The zero-order valence-corrected chi connectivity index (χ0v) is 9.93. The number of carbonyl (C=O) groups is 1. The monoisotopic (exact) mass is 230 g/mol. The Morgan fingerprint density at radius 3 is 2.59 bits per heavy atom. The van der Waals surface area contributed by atoms with Gasteiger partial charge in [-0.15, -0.1) is 0 Å². The summed E-state index contributed by atoms with van der Waals surface area (Å²) in [7, 11) is 0. The second kappa shape index (κ2) is 5.67. The highest BCUT2D eigenvalue weighted by atomic mass is 16.3. The molecule has 17 heavy (non-hydrogen) atoms. The minimum atomic E-state index is 0.148. The fraction of sp³-hybridized carbons (Fsp3) is 0.400. The van der Waals surface area contributed by atoms with Gasteiger partial charge in [0.05, 0.1) is 0 Å². The van der Waals surface area contributed by atoms with E-state index in [0.717, 1.165) is 24.2 Å². The number of phenols is 1. The number of allylic oxidation sites excluding steroid dienone is 1. The molecule has 2 nitrogen and oxygen atoms in total. The van der Waals surface area contributed by atoms with Crippen molar-refractivity contribution in [3.8, 4) is 5.75 Å². The number of hydrogen-bond acceptors (Lipinski definition) is 2. The van der Waals surface area contributed by atoms with Crippen LogP contribution in [0.15, 0.2) is 24.3 Å². The molecule has 2 heteroatoms. The molecule has 0 heterocycles. The zero-order chi connectivity index (χ0) is 12.1. The highest BCUT2D eigenvalue weighted by molar-refractivity contribution is 5.77. The molecule has 1 aromatic carbocycles. The molecule has 0 radical (unpaired) electrons. The molecule has 1 N–H and O–H groups in total. The van der Waals surface area contributed by atoms with Crippen LogP contribution in [0.1, 0.15) is 48.0 Å². The van der Waals surface area contributed by atoms with Gasteiger partial charge in [0.15, 0.2) is 0 Å². The number of phenolic OH excluding ortho intramolecular Hbond substituents is 1. The molecular weight excluding hydrogens is 212 g/mol. The quantitative estimate of drug-likeness (QED) is 0.799. The summed E-state index contributed by atoms with van der Waals surface area (Å²) in [5, 5.41) is 9.44. The van der Waals surface area contributed by atoms with Crippen LogP contribution in [0.5, 0.6) is 5.75 Å². The van der Waals surface area contributed by atoms with Crippen molar-refractivity contribution in [1.29, 1.82) is 0 Å². The van der Waals surface area contributed by atoms with Crippen molar-refractivity contribution in [2.24, 2.45) is 5.92 Å². The van der Waals surface area contributed by atoms with Crippen molar-refractivity contribution in [3.63, 3.8) is 0 Å². The van der Waals surface area contributed by atoms with E-state index in [9.17, 15) is 9.90 Å². The lowest BCUT2D eigenvalue weighted by Gasteiger charge is -2.03. The first-order valence-electron chi connectivity index (χ1n) is 6.24. The molecule has 0 saturated heterocycles. The fourth-order valence-corrected chi connectivity index (χ4v) is 2.47. The second-order valence-electron chi connectivity index (χ2n) is 4.76. The van der Waals surface area contributed by atoms with Crippen LogP contribution in [-0.2, 0) is 0 Å². The van der Waals surface area contributed by atoms with Gasteiger partial charge in [-0.05, 0) is 36.1 Å². The number of aldehydes is 1. The highest BCUT2D eigenvalue weighted by Crippen LogP contribution is 2.28. The molecule has 0 unspecified atom stereocenters. The maximum Gasteiger partial charge on any atom is 0.150 e. The van der Waals surface area contributed by atoms with Gasteiger partial charge >= 0.3 is 0 Å². The van der Waals surface area contributed by atoms with Crippen molar-refractivity contribution in [2.45, 2.75) is 32.1 Å². The van der Waals surface area contributed by atoms with E-state index < -0.39 is 0 Å². The largest absolute Gasteiger partial charge is 0.508 e. The van der Waals surface area contributed by atoms with Gasteiger partial charge in [-0.2, -0.15) is 0 Å². The van der Waals surface area contributed by atoms with E-state index >= 15 is 0 Å². The lowest BCUT2D eigenvalue weighted by atomic mass is 10.0. The first-order valence-corrected chi connectivity index (χ1v) is 6.24. The Hall–Kier alpha value is -1.57. The molecule has 0 spiro atoms. The first kappa shape index (κ1) is 11.9. The molecule has 1 aliphatic carbocycles. The average Bonchev–Trinajstić information content (AvgIpc) is 2.81. The van der Waals surface area contributed by atoms with Crippen LogP contribution in [0.3, 0.4) is 0 Å².